The summed E-state index contributed by atoms with van der Waals surface area (Å²) in [4.78, 5) is 12.1. The lowest BCUT2D eigenvalue weighted by Crippen LogP contribution is -2.28. The number of fused-ring (bicyclic) bond motifs is 1. The summed E-state index contributed by atoms with van der Waals surface area (Å²) in [5, 5.41) is 3.08. The van der Waals surface area contributed by atoms with Crippen LogP contribution in [0.15, 0.2) is 36.4 Å². The molecule has 2 aromatic rings. The summed E-state index contributed by atoms with van der Waals surface area (Å²) in [7, 11) is 0. The van der Waals surface area contributed by atoms with Gasteiger partial charge in [0.25, 0.3) is 0 Å². The Kier molecular flexibility index (Phi) is 4.39. The van der Waals surface area contributed by atoms with Crippen LogP contribution in [0.5, 0.6) is 11.5 Å². The number of ether oxygens (including phenoxy) is 2. The number of hydrogen-bond donors (Lipinski definition) is 1. The van der Waals surface area contributed by atoms with Crippen LogP contribution in [0.25, 0.3) is 0 Å². The van der Waals surface area contributed by atoms with Crippen molar-refractivity contribution in [3.05, 3.63) is 58.4 Å². The summed E-state index contributed by atoms with van der Waals surface area (Å²) >= 11 is 5.94. The third-order valence-corrected chi connectivity index (χ3v) is 4.03. The van der Waals surface area contributed by atoms with Gasteiger partial charge in [-0.05, 0) is 36.8 Å². The average Bonchev–Trinajstić information content (AvgIpc) is 2.98. The molecule has 0 bridgehead atoms. The van der Waals surface area contributed by atoms with Gasteiger partial charge in [-0.3, -0.25) is 4.79 Å². The Morgan fingerprint density at radius 3 is 2.87 bits per heavy atom. The van der Waals surface area contributed by atoms with Crippen LogP contribution in [0.1, 0.15) is 24.1 Å². The van der Waals surface area contributed by atoms with Crippen molar-refractivity contribution in [3.63, 3.8) is 0 Å². The molecule has 3 rings (SSSR count). The highest BCUT2D eigenvalue weighted by atomic mass is 35.5. The van der Waals surface area contributed by atoms with E-state index in [4.69, 9.17) is 21.1 Å². The first-order valence-electron chi connectivity index (χ1n) is 7.16. The Balaban J connectivity index is 1.68. The van der Waals surface area contributed by atoms with Gasteiger partial charge in [0.2, 0.25) is 12.7 Å². The molecule has 6 heteroatoms. The van der Waals surface area contributed by atoms with Crippen molar-refractivity contribution in [2.45, 2.75) is 19.4 Å². The van der Waals surface area contributed by atoms with Crippen molar-refractivity contribution in [1.29, 1.82) is 0 Å². The summed E-state index contributed by atoms with van der Waals surface area (Å²) in [6.45, 7) is 2.05. The van der Waals surface area contributed by atoms with Gasteiger partial charge in [0, 0.05) is 10.6 Å². The number of benzene rings is 2. The van der Waals surface area contributed by atoms with Crippen LogP contribution in [0.4, 0.5) is 4.39 Å². The molecule has 23 heavy (non-hydrogen) atoms. The Bertz CT molecular complexity index is 730. The highest BCUT2D eigenvalue weighted by molar-refractivity contribution is 6.31. The van der Waals surface area contributed by atoms with Crippen molar-refractivity contribution >= 4 is 17.5 Å². The van der Waals surface area contributed by atoms with Crippen molar-refractivity contribution in [1.82, 2.24) is 5.32 Å². The predicted molar refractivity (Wildman–Crippen MR) is 84.2 cm³/mol. The molecular weight excluding hydrogens is 321 g/mol. The summed E-state index contributed by atoms with van der Waals surface area (Å²) in [6.07, 6.45) is -0.111. The summed E-state index contributed by atoms with van der Waals surface area (Å²) in [5.41, 5.74) is 1.08. The second kappa shape index (κ2) is 6.46. The molecule has 1 aliphatic heterocycles. The highest BCUT2D eigenvalue weighted by Gasteiger charge is 2.18. The smallest absolute Gasteiger partial charge is 0.231 e. The Morgan fingerprint density at radius 2 is 2.09 bits per heavy atom. The van der Waals surface area contributed by atoms with Crippen molar-refractivity contribution in [3.8, 4) is 11.5 Å². The molecule has 1 atom stereocenters. The number of hydrogen-bond acceptors (Lipinski definition) is 3. The van der Waals surface area contributed by atoms with E-state index in [2.05, 4.69) is 5.32 Å². The largest absolute Gasteiger partial charge is 0.454 e. The van der Waals surface area contributed by atoms with E-state index in [1.54, 1.807) is 12.1 Å². The molecule has 0 aromatic heterocycles. The first-order chi connectivity index (χ1) is 11.0. The molecule has 2 aromatic carbocycles. The fourth-order valence-corrected chi connectivity index (χ4v) is 2.65. The lowest BCUT2D eigenvalue weighted by atomic mass is 10.1. The third-order valence-electron chi connectivity index (χ3n) is 3.67. The van der Waals surface area contributed by atoms with Crippen molar-refractivity contribution in [2.75, 3.05) is 6.79 Å². The Morgan fingerprint density at radius 1 is 1.30 bits per heavy atom. The monoisotopic (exact) mass is 335 g/mol. The van der Waals surface area contributed by atoms with E-state index in [0.29, 0.717) is 11.5 Å². The standard InChI is InChI=1S/C17H15ClFNO3/c1-10(11-5-6-15-16(7-11)23-9-22-15)20-17(21)8-12-13(18)3-2-4-14(12)19/h2-7,10H,8-9H2,1H3,(H,20,21)/t10-/m1/s1. The van der Waals surface area contributed by atoms with E-state index in [9.17, 15) is 9.18 Å². The maximum Gasteiger partial charge on any atom is 0.231 e. The van der Waals surface area contributed by atoms with Gasteiger partial charge >= 0.3 is 0 Å². The zero-order chi connectivity index (χ0) is 16.4. The summed E-state index contributed by atoms with van der Waals surface area (Å²) in [5.74, 6) is 0.553. The molecule has 0 unspecified atom stereocenters. The molecule has 1 N–H and O–H groups in total. The third kappa shape index (κ3) is 3.40. The van der Waals surface area contributed by atoms with E-state index in [1.165, 1.54) is 12.1 Å². The van der Waals surface area contributed by atoms with Gasteiger partial charge in [-0.2, -0.15) is 0 Å². The van der Waals surface area contributed by atoms with Crippen LogP contribution >= 0.6 is 11.6 Å². The molecule has 0 saturated heterocycles. The van der Waals surface area contributed by atoms with Gasteiger partial charge in [-0.15, -0.1) is 0 Å². The molecule has 4 nitrogen and oxygen atoms in total. The first kappa shape index (κ1) is 15.6. The number of rotatable bonds is 4. The van der Waals surface area contributed by atoms with Gasteiger partial charge in [-0.25, -0.2) is 4.39 Å². The maximum atomic E-state index is 13.7. The fourth-order valence-electron chi connectivity index (χ4n) is 2.42. The zero-order valence-electron chi connectivity index (χ0n) is 12.4. The second-order valence-electron chi connectivity index (χ2n) is 5.28. The normalized spacial score (nSPS) is 13.7. The predicted octanol–water partition coefficient (Wildman–Crippen LogP) is 3.63. The van der Waals surface area contributed by atoms with E-state index >= 15 is 0 Å². The van der Waals surface area contributed by atoms with E-state index in [1.807, 2.05) is 19.1 Å². The van der Waals surface area contributed by atoms with Crippen molar-refractivity contribution in [2.24, 2.45) is 0 Å². The van der Waals surface area contributed by atoms with Crippen LogP contribution in [-0.2, 0) is 11.2 Å². The number of halogens is 2. The summed E-state index contributed by atoms with van der Waals surface area (Å²) in [6, 6.07) is 9.59. The Hall–Kier alpha value is -2.27. The average molecular weight is 336 g/mol. The minimum absolute atomic E-state index is 0.111. The molecule has 1 aliphatic rings. The van der Waals surface area contributed by atoms with E-state index in [-0.39, 0.29) is 35.7 Å². The van der Waals surface area contributed by atoms with Gasteiger partial charge in [0.1, 0.15) is 5.82 Å². The molecule has 0 fully saturated rings. The molecule has 1 heterocycles. The lowest BCUT2D eigenvalue weighted by Gasteiger charge is -2.15. The SMILES string of the molecule is C[C@@H](NC(=O)Cc1c(F)cccc1Cl)c1ccc2c(c1)OCO2. The topological polar surface area (TPSA) is 47.6 Å². The number of carbonyl (C=O) groups is 1. The van der Waals surface area contributed by atoms with E-state index in [0.717, 1.165) is 5.56 Å². The van der Waals surface area contributed by atoms with Gasteiger partial charge in [0.05, 0.1) is 12.5 Å². The zero-order valence-corrected chi connectivity index (χ0v) is 13.2. The molecule has 0 spiro atoms. The first-order valence-corrected chi connectivity index (χ1v) is 7.54. The highest BCUT2D eigenvalue weighted by Crippen LogP contribution is 2.34. The quantitative estimate of drug-likeness (QED) is 0.928. The van der Waals surface area contributed by atoms with Gasteiger partial charge < -0.3 is 14.8 Å². The maximum absolute atomic E-state index is 13.7. The van der Waals surface area contributed by atoms with Crippen LogP contribution < -0.4 is 14.8 Å². The number of nitrogens with one attached hydrogen (secondary N) is 1. The number of amides is 1. The Labute approximate surface area is 138 Å². The van der Waals surface area contributed by atoms with Gasteiger partial charge in [0.15, 0.2) is 11.5 Å². The van der Waals surface area contributed by atoms with Gasteiger partial charge in [-0.1, -0.05) is 23.7 Å². The lowest BCUT2D eigenvalue weighted by molar-refractivity contribution is -0.121. The van der Waals surface area contributed by atoms with Crippen molar-refractivity contribution < 1.29 is 18.7 Å². The molecule has 0 radical (unpaired) electrons. The molecular formula is C17H15ClFNO3. The minimum Gasteiger partial charge on any atom is -0.454 e. The molecule has 1 amide bonds. The van der Waals surface area contributed by atoms with Crippen LogP contribution in [0.3, 0.4) is 0 Å². The van der Waals surface area contributed by atoms with Crippen LogP contribution in [0, 0.1) is 5.82 Å². The molecule has 0 aliphatic carbocycles. The molecule has 0 saturated carbocycles. The minimum atomic E-state index is -0.483. The summed E-state index contributed by atoms with van der Waals surface area (Å²) < 4.78 is 24.3. The van der Waals surface area contributed by atoms with Crippen LogP contribution in [0.2, 0.25) is 5.02 Å². The van der Waals surface area contributed by atoms with E-state index < -0.39 is 5.82 Å². The second-order valence-corrected chi connectivity index (χ2v) is 5.69. The van der Waals surface area contributed by atoms with Crippen LogP contribution in [-0.4, -0.2) is 12.7 Å². The number of carbonyl (C=O) groups excluding carboxylic acids is 1. The fraction of sp³-hybridized carbons (Fsp3) is 0.235. The molecule has 120 valence electrons.